The largest absolute Gasteiger partial charge is 0.494 e. The molecule has 2 heterocycles. The van der Waals surface area contributed by atoms with E-state index in [1.165, 1.54) is 12.3 Å². The summed E-state index contributed by atoms with van der Waals surface area (Å²) >= 11 is 0. The van der Waals surface area contributed by atoms with Crippen LogP contribution in [-0.2, 0) is 0 Å². The van der Waals surface area contributed by atoms with Gasteiger partial charge in [-0.05, 0) is 30.3 Å². The number of hydrogen-bond acceptors (Lipinski definition) is 4. The fraction of sp³-hybridized carbons (Fsp3) is 0. The number of aliphatic imine (C=N–C) groups is 1. The molecule has 0 amide bonds. The van der Waals surface area contributed by atoms with Crippen molar-refractivity contribution < 1.29 is 13.9 Å². The molecule has 4 aromatic rings. The van der Waals surface area contributed by atoms with Gasteiger partial charge in [-0.3, -0.25) is 4.79 Å². The van der Waals surface area contributed by atoms with Crippen LogP contribution in [0.3, 0.4) is 0 Å². The van der Waals surface area contributed by atoms with Gasteiger partial charge in [-0.1, -0.05) is 30.3 Å². The maximum Gasteiger partial charge on any atom is 0.267 e. The highest BCUT2D eigenvalue weighted by atomic mass is 19.1. The topological polar surface area (TPSA) is 67.5 Å². The number of para-hydroxylation sites is 1. The van der Waals surface area contributed by atoms with Crippen molar-refractivity contribution in [3.63, 3.8) is 0 Å². The molecule has 0 aliphatic heterocycles. The Morgan fingerprint density at radius 2 is 1.61 bits per heavy atom. The number of aromatic nitrogens is 2. The van der Waals surface area contributed by atoms with Gasteiger partial charge in [-0.25, -0.2) is 23.3 Å². The first kappa shape index (κ1) is 17.5. The van der Waals surface area contributed by atoms with Crippen LogP contribution in [0.15, 0.2) is 76.6 Å². The zero-order valence-corrected chi connectivity index (χ0v) is 14.4. The van der Waals surface area contributed by atoms with Crippen LogP contribution in [0.2, 0.25) is 0 Å². The molecule has 2 aromatic carbocycles. The predicted molar refractivity (Wildman–Crippen MR) is 103 cm³/mol. The first-order valence-electron chi connectivity index (χ1n) is 8.34. The zero-order valence-electron chi connectivity index (χ0n) is 14.4. The number of pyridine rings is 2. The molecule has 7 heteroatoms. The molecule has 0 atom stereocenters. The summed E-state index contributed by atoms with van der Waals surface area (Å²) in [6, 6.07) is 14.9. The Balaban J connectivity index is 2.01. The second kappa shape index (κ2) is 7.03. The summed E-state index contributed by atoms with van der Waals surface area (Å²) in [5, 5.41) is 11.5. The predicted octanol–water partition coefficient (Wildman–Crippen LogP) is 4.12. The molecule has 0 aliphatic rings. The Hall–Kier alpha value is -3.87. The third-order valence-corrected chi connectivity index (χ3v) is 4.24. The number of nitrogens with zero attached hydrogens (tertiary/aromatic N) is 3. The van der Waals surface area contributed by atoms with Crippen molar-refractivity contribution in [3.05, 3.63) is 94.4 Å². The van der Waals surface area contributed by atoms with Gasteiger partial charge in [0.05, 0.1) is 5.56 Å². The lowest BCUT2D eigenvalue weighted by Crippen LogP contribution is -2.20. The fourth-order valence-corrected chi connectivity index (χ4v) is 2.93. The minimum absolute atomic E-state index is 0.142. The number of fused-ring (bicyclic) bond motifs is 1. The van der Waals surface area contributed by atoms with E-state index in [4.69, 9.17) is 0 Å². The van der Waals surface area contributed by atoms with Gasteiger partial charge in [-0.2, -0.15) is 0 Å². The van der Waals surface area contributed by atoms with E-state index in [9.17, 15) is 18.7 Å². The van der Waals surface area contributed by atoms with Crippen LogP contribution in [0.25, 0.3) is 16.6 Å². The smallest absolute Gasteiger partial charge is 0.267 e. The highest BCUT2D eigenvalue weighted by molar-refractivity contribution is 6.02. The van der Waals surface area contributed by atoms with Crippen LogP contribution in [0.1, 0.15) is 5.56 Å². The molecule has 2 aromatic heterocycles. The maximum atomic E-state index is 13.9. The Morgan fingerprint density at radius 1 is 0.929 bits per heavy atom. The van der Waals surface area contributed by atoms with Crippen molar-refractivity contribution in [1.82, 2.24) is 9.55 Å². The minimum Gasteiger partial charge on any atom is -0.494 e. The van der Waals surface area contributed by atoms with E-state index in [0.717, 1.165) is 22.9 Å². The Labute approximate surface area is 157 Å². The average molecular weight is 377 g/mol. The molecule has 0 unspecified atom stereocenters. The molecule has 0 radical (unpaired) electrons. The van der Waals surface area contributed by atoms with E-state index in [1.807, 2.05) is 0 Å². The van der Waals surface area contributed by atoms with E-state index in [2.05, 4.69) is 9.98 Å². The minimum atomic E-state index is -0.835. The standard InChI is InChI=1S/C21H13F2N3O2/c22-16-8-5-9-17(23)19(16)25-12-15-13-6-1-2-7-14(13)20(27)26(21(15)28)18-10-3-4-11-24-18/h1-12,28H. The van der Waals surface area contributed by atoms with Gasteiger partial charge < -0.3 is 5.11 Å². The third-order valence-electron chi connectivity index (χ3n) is 4.24. The molecule has 0 spiro atoms. The molecule has 28 heavy (non-hydrogen) atoms. The number of halogens is 2. The second-order valence-electron chi connectivity index (χ2n) is 5.94. The fourth-order valence-electron chi connectivity index (χ4n) is 2.93. The molecule has 5 nitrogen and oxygen atoms in total. The summed E-state index contributed by atoms with van der Waals surface area (Å²) < 4.78 is 28.8. The monoisotopic (exact) mass is 377 g/mol. The Bertz CT molecular complexity index is 1250. The molecular formula is C21H13F2N3O2. The second-order valence-corrected chi connectivity index (χ2v) is 5.94. The van der Waals surface area contributed by atoms with Gasteiger partial charge in [0.15, 0.2) is 11.6 Å². The quantitative estimate of drug-likeness (QED) is 0.546. The molecule has 0 aliphatic carbocycles. The molecule has 0 saturated carbocycles. The van der Waals surface area contributed by atoms with Crippen LogP contribution in [0, 0.1) is 11.6 Å². The lowest BCUT2D eigenvalue weighted by atomic mass is 10.1. The Kier molecular flexibility index (Phi) is 4.41. The summed E-state index contributed by atoms with van der Waals surface area (Å²) in [5.41, 5.74) is -0.814. The summed E-state index contributed by atoms with van der Waals surface area (Å²) in [5.74, 6) is -1.89. The van der Waals surface area contributed by atoms with E-state index in [-0.39, 0.29) is 11.4 Å². The van der Waals surface area contributed by atoms with E-state index in [1.54, 1.807) is 42.5 Å². The van der Waals surface area contributed by atoms with Gasteiger partial charge in [0, 0.05) is 23.2 Å². The van der Waals surface area contributed by atoms with Crippen LogP contribution in [0.4, 0.5) is 14.5 Å². The number of rotatable bonds is 3. The molecule has 0 fully saturated rings. The van der Waals surface area contributed by atoms with Crippen molar-refractivity contribution in [2.45, 2.75) is 0 Å². The summed E-state index contributed by atoms with van der Waals surface area (Å²) in [6.07, 6.45) is 2.62. The lowest BCUT2D eigenvalue weighted by Gasteiger charge is -2.12. The maximum absolute atomic E-state index is 13.9. The van der Waals surface area contributed by atoms with Crippen molar-refractivity contribution in [1.29, 1.82) is 0 Å². The van der Waals surface area contributed by atoms with E-state index in [0.29, 0.717) is 10.8 Å². The SMILES string of the molecule is O=c1c2ccccc2c(C=Nc2c(F)cccc2F)c(O)n1-c1ccccn1. The summed E-state index contributed by atoms with van der Waals surface area (Å²) in [6.45, 7) is 0. The number of benzene rings is 2. The van der Waals surface area contributed by atoms with Gasteiger partial charge in [0.25, 0.3) is 5.56 Å². The van der Waals surface area contributed by atoms with Crippen LogP contribution < -0.4 is 5.56 Å². The van der Waals surface area contributed by atoms with Gasteiger partial charge in [0.2, 0.25) is 5.88 Å². The summed E-state index contributed by atoms with van der Waals surface area (Å²) in [4.78, 5) is 20.9. The van der Waals surface area contributed by atoms with Crippen LogP contribution in [-0.4, -0.2) is 20.9 Å². The van der Waals surface area contributed by atoms with Gasteiger partial charge in [-0.15, -0.1) is 0 Å². The molecule has 0 saturated heterocycles. The normalized spacial score (nSPS) is 11.4. The third kappa shape index (κ3) is 2.92. The molecule has 1 N–H and O–H groups in total. The first-order chi connectivity index (χ1) is 13.6. The molecule has 4 rings (SSSR count). The highest BCUT2D eigenvalue weighted by Crippen LogP contribution is 2.27. The van der Waals surface area contributed by atoms with Crippen LogP contribution >= 0.6 is 0 Å². The molecule has 0 bridgehead atoms. The Morgan fingerprint density at radius 3 is 2.29 bits per heavy atom. The van der Waals surface area contributed by atoms with Crippen molar-refractivity contribution in [3.8, 4) is 11.7 Å². The summed E-state index contributed by atoms with van der Waals surface area (Å²) in [7, 11) is 0. The molecular weight excluding hydrogens is 364 g/mol. The van der Waals surface area contributed by atoms with Gasteiger partial charge >= 0.3 is 0 Å². The van der Waals surface area contributed by atoms with Crippen molar-refractivity contribution in [2.75, 3.05) is 0 Å². The van der Waals surface area contributed by atoms with Crippen molar-refractivity contribution >= 4 is 22.7 Å². The first-order valence-corrected chi connectivity index (χ1v) is 8.34. The van der Waals surface area contributed by atoms with Gasteiger partial charge in [0.1, 0.15) is 11.5 Å². The van der Waals surface area contributed by atoms with E-state index >= 15 is 0 Å². The lowest BCUT2D eigenvalue weighted by molar-refractivity contribution is 0.435. The van der Waals surface area contributed by atoms with Crippen LogP contribution in [0.5, 0.6) is 5.88 Å². The number of aromatic hydroxyl groups is 1. The van der Waals surface area contributed by atoms with E-state index < -0.39 is 28.8 Å². The molecule has 138 valence electrons. The number of hydrogen-bond donors (Lipinski definition) is 1. The average Bonchev–Trinajstić information content (AvgIpc) is 2.70. The highest BCUT2D eigenvalue weighted by Gasteiger charge is 2.17. The zero-order chi connectivity index (χ0) is 19.7. The van der Waals surface area contributed by atoms with Crippen molar-refractivity contribution in [2.24, 2.45) is 4.99 Å².